The molecule has 0 unspecified atom stereocenters. The second-order valence-corrected chi connectivity index (χ2v) is 3.69. The molecule has 0 radical (unpaired) electrons. The molecule has 0 bridgehead atoms. The van der Waals surface area contributed by atoms with Crippen LogP contribution in [0.15, 0.2) is 24.3 Å². The van der Waals surface area contributed by atoms with Gasteiger partial charge in [0.2, 0.25) is 0 Å². The van der Waals surface area contributed by atoms with Gasteiger partial charge in [-0.3, -0.25) is 4.79 Å². The van der Waals surface area contributed by atoms with Crippen LogP contribution in [-0.2, 0) is 6.18 Å². The van der Waals surface area contributed by atoms with Crippen LogP contribution in [0.2, 0.25) is 0 Å². The minimum absolute atomic E-state index is 0. The van der Waals surface area contributed by atoms with Gasteiger partial charge in [-0.2, -0.15) is 13.2 Å². The van der Waals surface area contributed by atoms with E-state index in [1.54, 1.807) is 6.92 Å². The number of carbonyl (C=O) groups is 1. The van der Waals surface area contributed by atoms with E-state index in [1.165, 1.54) is 12.1 Å². The van der Waals surface area contributed by atoms with Crippen molar-refractivity contribution in [3.05, 3.63) is 35.4 Å². The van der Waals surface area contributed by atoms with Crippen molar-refractivity contribution in [2.24, 2.45) is 5.73 Å². The lowest BCUT2D eigenvalue weighted by molar-refractivity contribution is -0.137. The fourth-order valence-electron chi connectivity index (χ4n) is 1.20. The second-order valence-electron chi connectivity index (χ2n) is 3.69. The molecule has 3 nitrogen and oxygen atoms in total. The van der Waals surface area contributed by atoms with E-state index in [4.69, 9.17) is 5.73 Å². The van der Waals surface area contributed by atoms with Crippen LogP contribution in [0.1, 0.15) is 22.8 Å². The largest absolute Gasteiger partial charge is 0.416 e. The van der Waals surface area contributed by atoms with Gasteiger partial charge in [-0.25, -0.2) is 0 Å². The van der Waals surface area contributed by atoms with Gasteiger partial charge in [-0.1, -0.05) is 6.07 Å². The van der Waals surface area contributed by atoms with Crippen LogP contribution in [0, 0.1) is 0 Å². The first-order valence-corrected chi connectivity index (χ1v) is 5.02. The van der Waals surface area contributed by atoms with Crippen molar-refractivity contribution in [1.82, 2.24) is 5.32 Å². The number of halogens is 4. The topological polar surface area (TPSA) is 55.1 Å². The summed E-state index contributed by atoms with van der Waals surface area (Å²) in [7, 11) is 0. The first-order chi connectivity index (χ1) is 7.84. The highest BCUT2D eigenvalue weighted by Crippen LogP contribution is 2.29. The van der Waals surface area contributed by atoms with Gasteiger partial charge in [0.25, 0.3) is 5.91 Å². The molecule has 0 spiro atoms. The van der Waals surface area contributed by atoms with E-state index in [0.717, 1.165) is 12.1 Å². The fourth-order valence-corrected chi connectivity index (χ4v) is 1.20. The molecule has 0 aliphatic carbocycles. The second kappa shape index (κ2) is 6.61. The lowest BCUT2D eigenvalue weighted by Crippen LogP contribution is -2.37. The Balaban J connectivity index is 0.00000289. The first kappa shape index (κ1) is 16.7. The summed E-state index contributed by atoms with van der Waals surface area (Å²) >= 11 is 0. The zero-order valence-corrected chi connectivity index (χ0v) is 10.4. The van der Waals surface area contributed by atoms with E-state index in [-0.39, 0.29) is 30.6 Å². The molecule has 1 aromatic rings. The number of carbonyl (C=O) groups excluding carboxylic acids is 1. The van der Waals surface area contributed by atoms with Gasteiger partial charge in [0.1, 0.15) is 0 Å². The average molecular weight is 283 g/mol. The monoisotopic (exact) mass is 282 g/mol. The third kappa shape index (κ3) is 4.54. The molecule has 18 heavy (non-hydrogen) atoms. The molecule has 0 fully saturated rings. The molecule has 0 saturated carbocycles. The minimum Gasteiger partial charge on any atom is -0.348 e. The smallest absolute Gasteiger partial charge is 0.348 e. The number of amides is 1. The first-order valence-electron chi connectivity index (χ1n) is 5.02. The molecule has 0 aliphatic rings. The fraction of sp³-hybridized carbons (Fsp3) is 0.364. The van der Waals surface area contributed by atoms with Crippen LogP contribution < -0.4 is 11.1 Å². The quantitative estimate of drug-likeness (QED) is 0.893. The third-order valence-electron chi connectivity index (χ3n) is 2.18. The van der Waals surface area contributed by atoms with Crippen LogP contribution >= 0.6 is 12.4 Å². The van der Waals surface area contributed by atoms with Crippen LogP contribution in [0.25, 0.3) is 0 Å². The van der Waals surface area contributed by atoms with Crippen molar-refractivity contribution in [3.8, 4) is 0 Å². The maximum atomic E-state index is 12.4. The average Bonchev–Trinajstić information content (AvgIpc) is 2.28. The number of benzene rings is 1. The summed E-state index contributed by atoms with van der Waals surface area (Å²) in [6, 6.07) is 3.98. The van der Waals surface area contributed by atoms with Crippen LogP contribution in [-0.4, -0.2) is 18.5 Å². The van der Waals surface area contributed by atoms with Crippen molar-refractivity contribution in [1.29, 1.82) is 0 Å². The minimum atomic E-state index is -4.45. The Morgan fingerprint density at radius 1 is 1.44 bits per heavy atom. The summed E-state index contributed by atoms with van der Waals surface area (Å²) in [6.07, 6.45) is -4.45. The highest BCUT2D eigenvalue weighted by molar-refractivity contribution is 5.94. The van der Waals surface area contributed by atoms with Crippen molar-refractivity contribution in [2.45, 2.75) is 19.1 Å². The van der Waals surface area contributed by atoms with Crippen molar-refractivity contribution in [2.75, 3.05) is 6.54 Å². The zero-order valence-electron chi connectivity index (χ0n) is 9.62. The molecule has 1 atom stereocenters. The van der Waals surface area contributed by atoms with Gasteiger partial charge < -0.3 is 11.1 Å². The molecule has 0 heterocycles. The van der Waals surface area contributed by atoms with Gasteiger partial charge in [0.05, 0.1) is 5.56 Å². The summed E-state index contributed by atoms with van der Waals surface area (Å²) in [5.41, 5.74) is 4.43. The van der Waals surface area contributed by atoms with E-state index < -0.39 is 17.6 Å². The van der Waals surface area contributed by atoms with E-state index in [0.29, 0.717) is 0 Å². The number of alkyl halides is 3. The lowest BCUT2D eigenvalue weighted by Gasteiger charge is -2.12. The van der Waals surface area contributed by atoms with Gasteiger partial charge in [0.15, 0.2) is 0 Å². The van der Waals surface area contributed by atoms with Gasteiger partial charge >= 0.3 is 6.18 Å². The van der Waals surface area contributed by atoms with Crippen LogP contribution in [0.3, 0.4) is 0 Å². The standard InChI is InChI=1S/C11H13F3N2O.ClH/c1-7(6-15)16-10(17)8-3-2-4-9(5-8)11(12,13)14;/h2-5,7H,6,15H2,1H3,(H,16,17);1H/t7-;/m1./s1. The Bertz CT molecular complexity index is 410. The SMILES string of the molecule is C[C@H](CN)NC(=O)c1cccc(C(F)(F)F)c1.Cl. The predicted octanol–water partition coefficient (Wildman–Crippen LogP) is 2.20. The predicted molar refractivity (Wildman–Crippen MR) is 64.7 cm³/mol. The maximum absolute atomic E-state index is 12.4. The molecule has 0 aromatic heterocycles. The highest BCUT2D eigenvalue weighted by Gasteiger charge is 2.30. The summed E-state index contributed by atoms with van der Waals surface area (Å²) in [5.74, 6) is -0.561. The van der Waals surface area contributed by atoms with E-state index in [1.807, 2.05) is 0 Å². The maximum Gasteiger partial charge on any atom is 0.416 e. The Morgan fingerprint density at radius 2 is 2.06 bits per heavy atom. The molecule has 1 amide bonds. The Hall–Kier alpha value is -1.27. The molecule has 1 rings (SSSR count). The number of hydrogen-bond donors (Lipinski definition) is 2. The molecule has 102 valence electrons. The molecule has 1 aromatic carbocycles. The van der Waals surface area contributed by atoms with Gasteiger partial charge in [-0.05, 0) is 25.1 Å². The Kier molecular flexibility index (Phi) is 6.14. The Morgan fingerprint density at radius 3 is 2.56 bits per heavy atom. The molecule has 0 saturated heterocycles. The van der Waals surface area contributed by atoms with E-state index in [2.05, 4.69) is 5.32 Å². The summed E-state index contributed by atoms with van der Waals surface area (Å²) in [5, 5.41) is 2.49. The lowest BCUT2D eigenvalue weighted by atomic mass is 10.1. The van der Waals surface area contributed by atoms with Gasteiger partial charge in [-0.15, -0.1) is 12.4 Å². The summed E-state index contributed by atoms with van der Waals surface area (Å²) in [4.78, 5) is 11.6. The summed E-state index contributed by atoms with van der Waals surface area (Å²) < 4.78 is 37.2. The number of nitrogens with one attached hydrogen (secondary N) is 1. The van der Waals surface area contributed by atoms with Crippen molar-refractivity contribution < 1.29 is 18.0 Å². The zero-order chi connectivity index (χ0) is 13.1. The molecule has 7 heteroatoms. The van der Waals surface area contributed by atoms with E-state index in [9.17, 15) is 18.0 Å². The number of rotatable bonds is 3. The normalized spacial score (nSPS) is 12.5. The van der Waals surface area contributed by atoms with Crippen LogP contribution in [0.5, 0.6) is 0 Å². The van der Waals surface area contributed by atoms with Crippen molar-refractivity contribution in [3.63, 3.8) is 0 Å². The molecule has 0 aliphatic heterocycles. The van der Waals surface area contributed by atoms with Gasteiger partial charge in [0, 0.05) is 18.2 Å². The highest BCUT2D eigenvalue weighted by atomic mass is 35.5. The van der Waals surface area contributed by atoms with Crippen LogP contribution in [0.4, 0.5) is 13.2 Å². The number of hydrogen-bond acceptors (Lipinski definition) is 2. The Labute approximate surface area is 109 Å². The molecular formula is C11H14ClF3N2O. The molecule has 3 N–H and O–H groups in total. The van der Waals surface area contributed by atoms with Crippen molar-refractivity contribution >= 4 is 18.3 Å². The van der Waals surface area contributed by atoms with E-state index >= 15 is 0 Å². The third-order valence-corrected chi connectivity index (χ3v) is 2.18. The summed E-state index contributed by atoms with van der Waals surface area (Å²) in [6.45, 7) is 1.90. The number of nitrogens with two attached hydrogens (primary N) is 1. The molecular weight excluding hydrogens is 269 g/mol.